The number of carbonyl (C=O) groups excluding carboxylic acids is 2. The van der Waals surface area contributed by atoms with Gasteiger partial charge in [0.05, 0.1) is 27.7 Å². The third-order valence-corrected chi connectivity index (χ3v) is 9.87. The number of phosphoric ester groups is 1. The summed E-state index contributed by atoms with van der Waals surface area (Å²) in [6.45, 7) is 4.03. The maximum atomic E-state index is 13.3. The van der Waals surface area contributed by atoms with E-state index in [-0.39, 0.29) is 19.4 Å². The fourth-order valence-electron chi connectivity index (χ4n) is 5.75. The first-order valence-electron chi connectivity index (χ1n) is 19.7. The number of ketones is 1. The number of carbonyl (C=O) groups is 2. The molecular weight excluding hydrogens is 629 g/mol. The van der Waals surface area contributed by atoms with E-state index in [2.05, 4.69) is 13.8 Å². The van der Waals surface area contributed by atoms with E-state index in [9.17, 15) is 24.2 Å². The highest BCUT2D eigenvalue weighted by atomic mass is 31.2. The Hall–Kier alpha value is -0.830. The summed E-state index contributed by atoms with van der Waals surface area (Å²) in [7, 11) is 0.802. The van der Waals surface area contributed by atoms with Crippen LogP contribution in [0.3, 0.4) is 0 Å². The minimum Gasteiger partial charge on any atom is -0.756 e. The second-order valence-electron chi connectivity index (χ2n) is 14.8. The van der Waals surface area contributed by atoms with E-state index in [1.165, 1.54) is 103 Å². The lowest BCUT2D eigenvalue weighted by atomic mass is 10.0. The third kappa shape index (κ3) is 30.0. The van der Waals surface area contributed by atoms with E-state index in [1.807, 2.05) is 21.1 Å². The van der Waals surface area contributed by atoms with Crippen LogP contribution in [0.2, 0.25) is 0 Å². The molecule has 0 aromatic rings. The van der Waals surface area contributed by atoms with Crippen molar-refractivity contribution in [1.29, 1.82) is 0 Å². The maximum Gasteiger partial charge on any atom is 0.306 e. The van der Waals surface area contributed by atoms with Gasteiger partial charge >= 0.3 is 5.97 Å². The van der Waals surface area contributed by atoms with Gasteiger partial charge in [0.2, 0.25) is 0 Å². The lowest BCUT2D eigenvalue weighted by Crippen LogP contribution is -2.43. The van der Waals surface area contributed by atoms with Crippen molar-refractivity contribution < 1.29 is 42.4 Å². The number of likely N-dealkylation sites (N-methyl/N-ethyl adjacent to an activating group) is 1. The SMILES string of the molecule is CCCCCCCCCCCCCCCC(=O)C(OP(=O)([O-])OCC[N+](C)(C)C)[C@H](CO)OC(=O)CCCCCCCCCCCCC. The predicted molar refractivity (Wildman–Crippen MR) is 195 cm³/mol. The fourth-order valence-corrected chi connectivity index (χ4v) is 6.64. The molecule has 0 amide bonds. The molecule has 9 nitrogen and oxygen atoms in total. The number of aliphatic hydroxyl groups is 1. The Kier molecular flexibility index (Phi) is 30.4. The second kappa shape index (κ2) is 30.9. The highest BCUT2D eigenvalue weighted by Crippen LogP contribution is 2.41. The zero-order valence-corrected chi connectivity index (χ0v) is 32.8. The predicted octanol–water partition coefficient (Wildman–Crippen LogP) is 9.22. The van der Waals surface area contributed by atoms with Crippen LogP contribution in [0, 0.1) is 0 Å². The molecule has 1 N–H and O–H groups in total. The first-order valence-corrected chi connectivity index (χ1v) is 21.2. The van der Waals surface area contributed by atoms with E-state index in [4.69, 9.17) is 13.8 Å². The van der Waals surface area contributed by atoms with Gasteiger partial charge in [0, 0.05) is 12.8 Å². The van der Waals surface area contributed by atoms with Crippen molar-refractivity contribution in [3.8, 4) is 0 Å². The Morgan fingerprint density at radius 3 is 1.40 bits per heavy atom. The monoisotopic (exact) mass is 706 g/mol. The maximum absolute atomic E-state index is 13.3. The molecule has 2 unspecified atom stereocenters. The van der Waals surface area contributed by atoms with Crippen LogP contribution >= 0.6 is 7.82 Å². The summed E-state index contributed by atoms with van der Waals surface area (Å²) >= 11 is 0. The molecular formula is C38H76NO8P. The number of Topliss-reactive ketones (excluding diaryl/α,β-unsaturated/α-hetero) is 1. The Balaban J connectivity index is 4.73. The van der Waals surface area contributed by atoms with Crippen LogP contribution < -0.4 is 4.89 Å². The molecule has 0 saturated carbocycles. The van der Waals surface area contributed by atoms with E-state index in [0.717, 1.165) is 38.5 Å². The molecule has 0 fully saturated rings. The molecule has 0 saturated heterocycles. The number of rotatable bonds is 36. The highest BCUT2D eigenvalue weighted by Gasteiger charge is 2.35. The Labute approximate surface area is 295 Å². The molecule has 0 aliphatic rings. The number of hydrogen-bond donors (Lipinski definition) is 1. The summed E-state index contributed by atoms with van der Waals surface area (Å²) in [5.74, 6) is -1.08. The van der Waals surface area contributed by atoms with Crippen molar-refractivity contribution in [2.45, 2.75) is 193 Å². The van der Waals surface area contributed by atoms with Gasteiger partial charge in [-0.3, -0.25) is 14.2 Å². The smallest absolute Gasteiger partial charge is 0.306 e. The van der Waals surface area contributed by atoms with Gasteiger partial charge in [0.1, 0.15) is 13.2 Å². The average Bonchev–Trinajstić information content (AvgIpc) is 3.02. The zero-order valence-electron chi connectivity index (χ0n) is 31.9. The van der Waals surface area contributed by atoms with Gasteiger partial charge in [-0.2, -0.15) is 0 Å². The topological polar surface area (TPSA) is 122 Å². The number of aliphatic hydroxyl groups excluding tert-OH is 1. The van der Waals surface area contributed by atoms with E-state index >= 15 is 0 Å². The van der Waals surface area contributed by atoms with Gasteiger partial charge < -0.3 is 28.3 Å². The molecule has 0 aliphatic carbocycles. The van der Waals surface area contributed by atoms with Crippen molar-refractivity contribution in [2.24, 2.45) is 0 Å². The van der Waals surface area contributed by atoms with E-state index in [1.54, 1.807) is 0 Å². The standard InChI is InChI=1S/C38H76NO8P/c1-6-8-10-12-14-16-18-19-21-22-24-26-28-30-35(41)38(47-48(43,44)45-33-32-39(3,4)5)36(34-40)46-37(42)31-29-27-25-23-20-17-15-13-11-9-7-2/h36,38,40H,6-34H2,1-5H3/t36-,38?/m0/s1. The normalized spacial score (nSPS) is 14.5. The van der Waals surface area contributed by atoms with E-state index in [0.29, 0.717) is 23.9 Å². The highest BCUT2D eigenvalue weighted by molar-refractivity contribution is 7.45. The summed E-state index contributed by atoms with van der Waals surface area (Å²) in [6, 6.07) is 0. The summed E-state index contributed by atoms with van der Waals surface area (Å²) in [5, 5.41) is 10.1. The Bertz CT molecular complexity index is 819. The minimum absolute atomic E-state index is 0.0773. The number of esters is 1. The lowest BCUT2D eigenvalue weighted by molar-refractivity contribution is -0.870. The minimum atomic E-state index is -4.90. The molecule has 10 heteroatoms. The van der Waals surface area contributed by atoms with E-state index < -0.39 is 38.4 Å². The van der Waals surface area contributed by atoms with Crippen LogP contribution in [0.5, 0.6) is 0 Å². The largest absolute Gasteiger partial charge is 0.756 e. The molecule has 0 heterocycles. The van der Waals surface area contributed by atoms with Gasteiger partial charge in [-0.05, 0) is 12.8 Å². The first-order chi connectivity index (χ1) is 23.0. The quantitative estimate of drug-likeness (QED) is 0.0296. The molecule has 0 rings (SSSR count). The van der Waals surface area contributed by atoms with Crippen molar-refractivity contribution in [3.63, 3.8) is 0 Å². The zero-order chi connectivity index (χ0) is 35.9. The van der Waals surface area contributed by atoms with Gasteiger partial charge in [-0.15, -0.1) is 0 Å². The Morgan fingerprint density at radius 2 is 1.02 bits per heavy atom. The molecule has 48 heavy (non-hydrogen) atoms. The van der Waals surface area contributed by atoms with Crippen molar-refractivity contribution >= 4 is 19.6 Å². The Morgan fingerprint density at radius 1 is 0.646 bits per heavy atom. The van der Waals surface area contributed by atoms with Crippen LogP contribution in [-0.2, 0) is 27.9 Å². The van der Waals surface area contributed by atoms with Crippen LogP contribution in [0.4, 0.5) is 0 Å². The van der Waals surface area contributed by atoms with Crippen LogP contribution in [0.1, 0.15) is 181 Å². The van der Waals surface area contributed by atoms with Crippen molar-refractivity contribution in [2.75, 3.05) is 40.9 Å². The third-order valence-electron chi connectivity index (χ3n) is 8.88. The van der Waals surface area contributed by atoms with Gasteiger partial charge in [-0.1, -0.05) is 155 Å². The molecule has 286 valence electrons. The number of quaternary nitrogens is 1. The second-order valence-corrected chi connectivity index (χ2v) is 16.1. The van der Waals surface area contributed by atoms with Crippen LogP contribution in [0.25, 0.3) is 0 Å². The number of hydrogen-bond acceptors (Lipinski definition) is 8. The van der Waals surface area contributed by atoms with Crippen LogP contribution in [-0.4, -0.2) is 74.5 Å². The summed E-state index contributed by atoms with van der Waals surface area (Å²) in [5.41, 5.74) is 0. The summed E-state index contributed by atoms with van der Waals surface area (Å²) in [4.78, 5) is 38.6. The summed E-state index contributed by atoms with van der Waals surface area (Å²) < 4.78 is 28.9. The summed E-state index contributed by atoms with van der Waals surface area (Å²) in [6.07, 6.45) is 25.0. The van der Waals surface area contributed by atoms with Gasteiger partial charge in [0.25, 0.3) is 7.82 Å². The number of unbranched alkanes of at least 4 members (excludes halogenated alkanes) is 22. The molecule has 0 bridgehead atoms. The molecule has 0 spiro atoms. The van der Waals surface area contributed by atoms with Crippen LogP contribution in [0.15, 0.2) is 0 Å². The molecule has 3 atom stereocenters. The van der Waals surface area contributed by atoms with Gasteiger partial charge in [0.15, 0.2) is 18.0 Å². The van der Waals surface area contributed by atoms with Crippen molar-refractivity contribution in [3.05, 3.63) is 0 Å². The average molecular weight is 706 g/mol. The lowest BCUT2D eigenvalue weighted by Gasteiger charge is -2.32. The number of phosphoric acid groups is 1. The van der Waals surface area contributed by atoms with Crippen molar-refractivity contribution in [1.82, 2.24) is 0 Å². The molecule has 0 aliphatic heterocycles. The molecule has 0 aromatic heterocycles. The fraction of sp³-hybridized carbons (Fsp3) is 0.947. The molecule has 0 aromatic carbocycles. The number of ether oxygens (including phenoxy) is 1. The first kappa shape index (κ1) is 47.2. The van der Waals surface area contributed by atoms with Gasteiger partial charge in [-0.25, -0.2) is 0 Å². The molecule has 0 radical (unpaired) electrons. The number of nitrogens with zero attached hydrogens (tertiary/aromatic N) is 1.